The van der Waals surface area contributed by atoms with Crippen LogP contribution in [-0.4, -0.2) is 9.55 Å². The van der Waals surface area contributed by atoms with Crippen LogP contribution in [0.5, 0.6) is 0 Å². The number of rotatable bonds is 3. The second kappa shape index (κ2) is 5.72. The fourth-order valence-electron chi connectivity index (χ4n) is 2.38. The van der Waals surface area contributed by atoms with E-state index in [2.05, 4.69) is 4.98 Å². The van der Waals surface area contributed by atoms with E-state index in [1.54, 1.807) is 12.5 Å². The van der Waals surface area contributed by atoms with E-state index in [0.29, 0.717) is 5.02 Å². The third-order valence-corrected chi connectivity index (χ3v) is 3.81. The minimum absolute atomic E-state index is 0.244. The molecule has 0 bridgehead atoms. The van der Waals surface area contributed by atoms with Gasteiger partial charge in [0.1, 0.15) is 0 Å². The zero-order chi connectivity index (χ0) is 14.8. The number of nitrogens with zero attached hydrogens (tertiary/aromatic N) is 2. The molecule has 106 valence electrons. The molecule has 3 rings (SSSR count). The predicted molar refractivity (Wildman–Crippen MR) is 85.8 cm³/mol. The summed E-state index contributed by atoms with van der Waals surface area (Å²) in [4.78, 5) is 4.23. The maximum atomic E-state index is 6.37. The highest BCUT2D eigenvalue weighted by Crippen LogP contribution is 2.27. The summed E-state index contributed by atoms with van der Waals surface area (Å²) < 4.78 is 1.94. The van der Waals surface area contributed by atoms with Crippen LogP contribution in [0.2, 0.25) is 5.02 Å². The van der Waals surface area contributed by atoms with Crippen molar-refractivity contribution in [3.05, 3.63) is 82.9 Å². The van der Waals surface area contributed by atoms with Gasteiger partial charge in [-0.05, 0) is 30.2 Å². The first-order chi connectivity index (χ1) is 10.2. The fraction of sp³-hybridized carbons (Fsp3) is 0.118. The number of aromatic nitrogens is 2. The van der Waals surface area contributed by atoms with Crippen molar-refractivity contribution < 1.29 is 0 Å². The first-order valence-electron chi connectivity index (χ1n) is 6.76. The Bertz CT molecular complexity index is 750. The van der Waals surface area contributed by atoms with Crippen molar-refractivity contribution in [1.82, 2.24) is 9.55 Å². The number of imidazole rings is 1. The van der Waals surface area contributed by atoms with Crippen molar-refractivity contribution in [3.63, 3.8) is 0 Å². The zero-order valence-corrected chi connectivity index (χ0v) is 12.5. The zero-order valence-electron chi connectivity index (χ0n) is 11.7. The Morgan fingerprint density at radius 1 is 1.14 bits per heavy atom. The normalized spacial score (nSPS) is 12.3. The van der Waals surface area contributed by atoms with Crippen LogP contribution >= 0.6 is 11.6 Å². The molecule has 21 heavy (non-hydrogen) atoms. The topological polar surface area (TPSA) is 43.8 Å². The van der Waals surface area contributed by atoms with Crippen LogP contribution in [0.1, 0.15) is 22.9 Å². The molecule has 1 atom stereocenters. The van der Waals surface area contributed by atoms with Crippen molar-refractivity contribution in [1.29, 1.82) is 0 Å². The van der Waals surface area contributed by atoms with Gasteiger partial charge in [-0.1, -0.05) is 48.0 Å². The van der Waals surface area contributed by atoms with E-state index in [1.165, 1.54) is 0 Å². The molecule has 2 aromatic carbocycles. The molecule has 0 aliphatic heterocycles. The molecule has 0 fully saturated rings. The first kappa shape index (κ1) is 13.9. The van der Waals surface area contributed by atoms with Crippen molar-refractivity contribution >= 4 is 11.6 Å². The maximum Gasteiger partial charge on any atom is 0.0995 e. The van der Waals surface area contributed by atoms with Crippen molar-refractivity contribution in [3.8, 4) is 5.69 Å². The number of nitrogens with two attached hydrogens (primary N) is 1. The average molecular weight is 298 g/mol. The second-order valence-corrected chi connectivity index (χ2v) is 5.44. The third-order valence-electron chi connectivity index (χ3n) is 3.51. The number of aryl methyl sites for hydroxylation is 1. The molecule has 4 heteroatoms. The minimum atomic E-state index is -0.244. The summed E-state index contributed by atoms with van der Waals surface area (Å²) in [5.41, 5.74) is 10.3. The third kappa shape index (κ3) is 2.71. The van der Waals surface area contributed by atoms with Crippen molar-refractivity contribution in [2.24, 2.45) is 5.73 Å². The Morgan fingerprint density at radius 2 is 1.90 bits per heavy atom. The van der Waals surface area contributed by atoms with Gasteiger partial charge in [0, 0.05) is 0 Å². The average Bonchev–Trinajstić information content (AvgIpc) is 2.96. The lowest BCUT2D eigenvalue weighted by Gasteiger charge is -2.16. The molecule has 0 radical (unpaired) electrons. The van der Waals surface area contributed by atoms with Crippen LogP contribution in [0, 0.1) is 6.92 Å². The summed E-state index contributed by atoms with van der Waals surface area (Å²) in [7, 11) is 0. The van der Waals surface area contributed by atoms with Crippen LogP contribution in [0.3, 0.4) is 0 Å². The van der Waals surface area contributed by atoms with Crippen LogP contribution < -0.4 is 5.73 Å². The van der Waals surface area contributed by atoms with Gasteiger partial charge in [-0.25, -0.2) is 4.98 Å². The summed E-state index contributed by atoms with van der Waals surface area (Å²) in [5, 5.41) is 0.689. The molecule has 1 unspecified atom stereocenters. The highest BCUT2D eigenvalue weighted by molar-refractivity contribution is 6.32. The molecular weight excluding hydrogens is 282 g/mol. The van der Waals surface area contributed by atoms with Gasteiger partial charge in [-0.3, -0.25) is 4.57 Å². The summed E-state index contributed by atoms with van der Waals surface area (Å²) in [6.07, 6.45) is 3.53. The Labute approximate surface area is 129 Å². The summed E-state index contributed by atoms with van der Waals surface area (Å²) >= 11 is 6.35. The van der Waals surface area contributed by atoms with Crippen molar-refractivity contribution in [2.45, 2.75) is 13.0 Å². The highest BCUT2D eigenvalue weighted by atomic mass is 35.5. The second-order valence-electron chi connectivity index (χ2n) is 5.03. The Morgan fingerprint density at radius 3 is 2.62 bits per heavy atom. The van der Waals surface area contributed by atoms with Gasteiger partial charge >= 0.3 is 0 Å². The van der Waals surface area contributed by atoms with E-state index in [4.69, 9.17) is 17.3 Å². The number of hydrogen-bond donors (Lipinski definition) is 1. The van der Waals surface area contributed by atoms with Gasteiger partial charge in [0.2, 0.25) is 0 Å². The summed E-state index contributed by atoms with van der Waals surface area (Å²) in [6, 6.07) is 15.7. The molecule has 2 N–H and O–H groups in total. The van der Waals surface area contributed by atoms with E-state index in [-0.39, 0.29) is 6.04 Å². The number of hydrogen-bond acceptors (Lipinski definition) is 2. The van der Waals surface area contributed by atoms with E-state index in [1.807, 2.05) is 60.0 Å². The lowest BCUT2D eigenvalue weighted by molar-refractivity contribution is 0.793. The smallest absolute Gasteiger partial charge is 0.0995 e. The Kier molecular flexibility index (Phi) is 3.78. The Balaban J connectivity index is 2.05. The molecule has 0 amide bonds. The van der Waals surface area contributed by atoms with Crippen LogP contribution in [0.4, 0.5) is 0 Å². The van der Waals surface area contributed by atoms with Gasteiger partial charge in [0.25, 0.3) is 0 Å². The van der Waals surface area contributed by atoms with Gasteiger partial charge in [0.05, 0.1) is 35.0 Å². The fourth-order valence-corrected chi connectivity index (χ4v) is 2.70. The molecule has 3 aromatic rings. The van der Waals surface area contributed by atoms with E-state index in [9.17, 15) is 0 Å². The standard InChI is InChI=1S/C17H16ClN3/c1-12-7-8-15(14(18)9-12)21-11-20-10-16(21)17(19)13-5-3-2-4-6-13/h2-11,17H,19H2,1H3. The van der Waals surface area contributed by atoms with Crippen LogP contribution in [0.15, 0.2) is 61.1 Å². The minimum Gasteiger partial charge on any atom is -0.319 e. The van der Waals surface area contributed by atoms with Crippen LogP contribution in [0.25, 0.3) is 5.69 Å². The molecule has 0 spiro atoms. The summed E-state index contributed by atoms with van der Waals surface area (Å²) in [6.45, 7) is 2.01. The van der Waals surface area contributed by atoms with E-state index in [0.717, 1.165) is 22.5 Å². The molecule has 0 saturated carbocycles. The lowest BCUT2D eigenvalue weighted by atomic mass is 10.1. The highest BCUT2D eigenvalue weighted by Gasteiger charge is 2.15. The maximum absolute atomic E-state index is 6.37. The van der Waals surface area contributed by atoms with E-state index >= 15 is 0 Å². The number of benzene rings is 2. The molecule has 3 nitrogen and oxygen atoms in total. The molecule has 1 aromatic heterocycles. The summed E-state index contributed by atoms with van der Waals surface area (Å²) in [5.74, 6) is 0. The van der Waals surface area contributed by atoms with Gasteiger partial charge in [-0.15, -0.1) is 0 Å². The van der Waals surface area contributed by atoms with Gasteiger partial charge in [0.15, 0.2) is 0 Å². The van der Waals surface area contributed by atoms with Crippen molar-refractivity contribution in [2.75, 3.05) is 0 Å². The monoisotopic (exact) mass is 297 g/mol. The molecule has 0 aliphatic rings. The molecule has 0 aliphatic carbocycles. The Hall–Kier alpha value is -2.10. The molecular formula is C17H16ClN3. The SMILES string of the molecule is Cc1ccc(-n2cncc2C(N)c2ccccc2)c(Cl)c1. The lowest BCUT2D eigenvalue weighted by Crippen LogP contribution is -2.15. The first-order valence-corrected chi connectivity index (χ1v) is 7.14. The number of halogens is 1. The van der Waals surface area contributed by atoms with Gasteiger partial charge < -0.3 is 5.73 Å². The quantitative estimate of drug-likeness (QED) is 0.797. The largest absolute Gasteiger partial charge is 0.319 e. The predicted octanol–water partition coefficient (Wildman–Crippen LogP) is 3.88. The van der Waals surface area contributed by atoms with Crippen LogP contribution in [-0.2, 0) is 0 Å². The van der Waals surface area contributed by atoms with E-state index < -0.39 is 0 Å². The molecule has 0 saturated heterocycles. The molecule has 1 heterocycles. The van der Waals surface area contributed by atoms with Gasteiger partial charge in [-0.2, -0.15) is 0 Å².